The molecule has 0 aliphatic heterocycles. The molecule has 0 atom stereocenters. The highest BCUT2D eigenvalue weighted by molar-refractivity contribution is 6.25. The molecule has 0 amide bonds. The Hall–Kier alpha value is -12.8. The average molecular weight is 1390 g/mol. The average Bonchev–Trinajstić information content (AvgIpc) is 0.743. The fraction of sp³-hybridized carbons (Fsp3) is 0.169. The molecule has 0 spiro atoms. The van der Waals surface area contributed by atoms with Crippen LogP contribution in [0, 0.1) is 0 Å². The molecule has 0 radical (unpaired) electrons. The van der Waals surface area contributed by atoms with Crippen molar-refractivity contribution in [1.29, 1.82) is 0 Å². The SMILES string of the molecule is CCCCCCOc1cc(-c2cc3ccccc3c3ccccc23)nc(-c2c(O)cc(O)cc2O)n1.CCCCCCOc1cc(-c2ccc3ccc4cccc5ccc2c3c45)nc(-c2ccccc2O)n1.CCCOc1cc(-c2ccc3cc4ccccc4cc3c2)nc(-c2c(O)cc(O)cc2O)n1. The molecule has 7 N–H and O–H groups in total. The maximum Gasteiger partial charge on any atom is 0.217 e. The lowest BCUT2D eigenvalue weighted by molar-refractivity contribution is 0.293. The molecule has 3 aromatic heterocycles. The molecule has 0 saturated carbocycles. The summed E-state index contributed by atoms with van der Waals surface area (Å²) in [5, 5.41) is 87.9. The summed E-state index contributed by atoms with van der Waals surface area (Å²) in [4.78, 5) is 27.8. The second-order valence-electron chi connectivity index (χ2n) is 26.1. The Labute approximate surface area is 606 Å². The van der Waals surface area contributed by atoms with Gasteiger partial charge in [0.25, 0.3) is 0 Å². The minimum absolute atomic E-state index is 0.0304. The zero-order valence-electron chi connectivity index (χ0n) is 58.5. The zero-order chi connectivity index (χ0) is 72.5. The van der Waals surface area contributed by atoms with Gasteiger partial charge in [0.05, 0.1) is 42.5 Å². The summed E-state index contributed by atoms with van der Waals surface area (Å²) in [6.07, 6.45) is 9.54. The van der Waals surface area contributed by atoms with E-state index in [-0.39, 0.29) is 63.0 Å². The third-order valence-corrected chi connectivity index (χ3v) is 18.7. The molecule has 105 heavy (non-hydrogen) atoms. The number of ether oxygens (including phenoxy) is 3. The Balaban J connectivity index is 0.000000133. The van der Waals surface area contributed by atoms with Crippen LogP contribution in [0.5, 0.6) is 57.9 Å². The number of aromatic hydroxyl groups is 7. The molecular weight excluding hydrogens is 1310 g/mol. The standard InChI is InChI=1S/C32H28N2O2.C30H28N2O4.C27H22N2O4/c1-2-3-4-7-19-36-29-20-27(33-32(34-29)26-11-5-6-12-28(26)35)24-17-15-23-14-13-21-9-8-10-22-16-18-25(24)31(23)30(21)22;1-2-3-4-9-14-36-28-18-25(31-30(32-28)29-26(34)16-20(33)17-27(29)35)24-15-19-10-5-6-11-21(19)22-12-7-8-13-23(22)24;1-2-9-33-25-15-22(28-27(29-25)26-23(31)13-21(30)14-24(26)32)19-8-7-18-10-16-5-3-4-6-17(16)11-20(18)12-19/h5-6,8-18,20,35H,2-4,7,19H2,1H3;5-8,10-13,15-18,33-35H,2-4,9,14H2,1H3;3-8,10-15,30-32H,2,9H2,1H3. The van der Waals surface area contributed by atoms with Crippen LogP contribution in [0.3, 0.4) is 0 Å². The molecule has 0 fully saturated rings. The fourth-order valence-corrected chi connectivity index (χ4v) is 13.5. The van der Waals surface area contributed by atoms with Crippen LogP contribution in [-0.2, 0) is 0 Å². The molecule has 13 aromatic carbocycles. The van der Waals surface area contributed by atoms with Crippen LogP contribution in [0.1, 0.15) is 78.6 Å². The van der Waals surface area contributed by atoms with Crippen LogP contribution in [-0.4, -0.2) is 85.5 Å². The molecule has 0 saturated heterocycles. The van der Waals surface area contributed by atoms with Gasteiger partial charge in [-0.2, -0.15) is 15.0 Å². The summed E-state index contributed by atoms with van der Waals surface area (Å²) in [5.41, 5.74) is 5.40. The van der Waals surface area contributed by atoms with Gasteiger partial charge in [-0.25, -0.2) is 15.0 Å². The predicted molar refractivity (Wildman–Crippen MR) is 419 cm³/mol. The first-order valence-electron chi connectivity index (χ1n) is 35.6. The van der Waals surface area contributed by atoms with Crippen LogP contribution in [0.15, 0.2) is 231 Å². The molecule has 0 aliphatic rings. The monoisotopic (exact) mass is 1390 g/mol. The number of hydrogen-bond donors (Lipinski definition) is 7. The molecule has 0 bridgehead atoms. The quantitative estimate of drug-likeness (QED) is 0.0201. The van der Waals surface area contributed by atoms with Crippen LogP contribution in [0.4, 0.5) is 0 Å². The van der Waals surface area contributed by atoms with E-state index in [2.05, 4.69) is 143 Å². The van der Waals surface area contributed by atoms with Gasteiger partial charge < -0.3 is 50.0 Å². The Morgan fingerprint density at radius 1 is 0.267 bits per heavy atom. The highest BCUT2D eigenvalue weighted by Gasteiger charge is 2.23. The summed E-state index contributed by atoms with van der Waals surface area (Å²) in [5.74, 6) is 0.260. The minimum atomic E-state index is -0.323. The zero-order valence-corrected chi connectivity index (χ0v) is 58.5. The number of aromatic nitrogens is 6. The first kappa shape index (κ1) is 69.3. The molecule has 0 unspecified atom stereocenters. The number of rotatable bonds is 21. The van der Waals surface area contributed by atoms with Gasteiger partial charge in [-0.05, 0) is 131 Å². The number of unbranched alkanes of at least 4 members (excludes halogenated alkanes) is 6. The van der Waals surface area contributed by atoms with Crippen LogP contribution < -0.4 is 14.2 Å². The lowest BCUT2D eigenvalue weighted by atomic mass is 9.91. The van der Waals surface area contributed by atoms with E-state index in [0.717, 1.165) is 135 Å². The van der Waals surface area contributed by atoms with Crippen molar-refractivity contribution in [2.75, 3.05) is 19.8 Å². The molecule has 16 rings (SSSR count). The van der Waals surface area contributed by atoms with Crippen LogP contribution in [0.25, 0.3) is 143 Å². The van der Waals surface area contributed by atoms with Crippen molar-refractivity contribution >= 4 is 75.4 Å². The summed E-state index contributed by atoms with van der Waals surface area (Å²) in [6, 6.07) is 73.7. The number of benzene rings is 13. The third kappa shape index (κ3) is 15.1. The lowest BCUT2D eigenvalue weighted by Crippen LogP contribution is -2.02. The van der Waals surface area contributed by atoms with E-state index in [1.165, 1.54) is 45.2 Å². The number of phenolic OH excluding ortho intramolecular Hbond substituents is 7. The van der Waals surface area contributed by atoms with Gasteiger partial charge in [0.2, 0.25) is 17.6 Å². The number of fused-ring (bicyclic) bond motifs is 5. The van der Waals surface area contributed by atoms with Gasteiger partial charge in [-0.3, -0.25) is 0 Å². The molecule has 16 nitrogen and oxygen atoms in total. The normalized spacial score (nSPS) is 11.3. The predicted octanol–water partition coefficient (Wildman–Crippen LogP) is 21.6. The first-order valence-corrected chi connectivity index (χ1v) is 35.6. The van der Waals surface area contributed by atoms with E-state index in [1.54, 1.807) is 24.3 Å². The van der Waals surface area contributed by atoms with E-state index in [0.29, 0.717) is 60.2 Å². The molecule has 16 heteroatoms. The Kier molecular flexibility index (Phi) is 20.6. The maximum absolute atomic E-state index is 10.5. The second-order valence-corrected chi connectivity index (χ2v) is 26.1. The molecule has 16 aromatic rings. The van der Waals surface area contributed by atoms with Crippen molar-refractivity contribution in [3.63, 3.8) is 0 Å². The third-order valence-electron chi connectivity index (χ3n) is 18.7. The van der Waals surface area contributed by atoms with E-state index in [4.69, 9.17) is 24.2 Å². The number of nitrogens with zero attached hydrogens (tertiary/aromatic N) is 6. The van der Waals surface area contributed by atoms with Crippen LogP contribution in [0.2, 0.25) is 0 Å². The number of hydrogen-bond acceptors (Lipinski definition) is 16. The van der Waals surface area contributed by atoms with Gasteiger partial charge in [0, 0.05) is 59.2 Å². The van der Waals surface area contributed by atoms with Gasteiger partial charge >= 0.3 is 0 Å². The first-order chi connectivity index (χ1) is 51.3. The van der Waals surface area contributed by atoms with Crippen molar-refractivity contribution < 1.29 is 50.0 Å². The van der Waals surface area contributed by atoms with E-state index in [1.807, 2.05) is 79.7 Å². The van der Waals surface area contributed by atoms with Crippen LogP contribution >= 0.6 is 0 Å². The largest absolute Gasteiger partial charge is 0.508 e. The number of para-hydroxylation sites is 1. The highest BCUT2D eigenvalue weighted by Crippen LogP contribution is 2.45. The second kappa shape index (κ2) is 31.2. The Bertz CT molecular complexity index is 5790. The smallest absolute Gasteiger partial charge is 0.217 e. The van der Waals surface area contributed by atoms with Gasteiger partial charge in [-0.1, -0.05) is 211 Å². The summed E-state index contributed by atoms with van der Waals surface area (Å²) >= 11 is 0. The van der Waals surface area contributed by atoms with Gasteiger partial charge in [0.1, 0.15) is 51.4 Å². The van der Waals surface area contributed by atoms with E-state index >= 15 is 0 Å². The molecular formula is C89H78N6O10. The maximum atomic E-state index is 10.5. The van der Waals surface area contributed by atoms with Crippen molar-refractivity contribution in [2.24, 2.45) is 0 Å². The fourth-order valence-electron chi connectivity index (χ4n) is 13.5. The highest BCUT2D eigenvalue weighted by atomic mass is 16.5. The van der Waals surface area contributed by atoms with Crippen molar-refractivity contribution in [3.8, 4) is 126 Å². The summed E-state index contributed by atoms with van der Waals surface area (Å²) in [7, 11) is 0. The van der Waals surface area contributed by atoms with Gasteiger partial charge in [0.15, 0.2) is 17.5 Å². The minimum Gasteiger partial charge on any atom is -0.508 e. The van der Waals surface area contributed by atoms with E-state index in [9.17, 15) is 35.7 Å². The van der Waals surface area contributed by atoms with Gasteiger partial charge in [-0.15, -0.1) is 0 Å². The summed E-state index contributed by atoms with van der Waals surface area (Å²) in [6.45, 7) is 7.93. The Morgan fingerprint density at radius 2 is 0.724 bits per heavy atom. The lowest BCUT2D eigenvalue weighted by Gasteiger charge is -2.15. The molecule has 3 heterocycles. The number of phenols is 7. The van der Waals surface area contributed by atoms with Crippen molar-refractivity contribution in [2.45, 2.75) is 78.6 Å². The Morgan fingerprint density at radius 3 is 1.33 bits per heavy atom. The van der Waals surface area contributed by atoms with Crippen molar-refractivity contribution in [3.05, 3.63) is 231 Å². The molecule has 0 aliphatic carbocycles. The summed E-state index contributed by atoms with van der Waals surface area (Å²) < 4.78 is 17.9. The van der Waals surface area contributed by atoms with Crippen molar-refractivity contribution in [1.82, 2.24) is 29.9 Å². The molecule has 524 valence electrons. The van der Waals surface area contributed by atoms with E-state index < -0.39 is 0 Å². The topological polar surface area (TPSA) is 247 Å².